The van der Waals surface area contributed by atoms with E-state index in [2.05, 4.69) is 84.7 Å². The van der Waals surface area contributed by atoms with Gasteiger partial charge >= 0.3 is 0 Å². The van der Waals surface area contributed by atoms with Crippen LogP contribution in [0.4, 0.5) is 0 Å². The molecule has 0 aliphatic carbocycles. The first-order chi connectivity index (χ1) is 17.3. The number of hydrogen-bond acceptors (Lipinski definition) is 4. The molecule has 2 atom stereocenters. The highest BCUT2D eigenvalue weighted by Gasteiger charge is 2.41. The third-order valence-electron chi connectivity index (χ3n) is 6.98. The molecule has 0 fully saturated rings. The van der Waals surface area contributed by atoms with E-state index in [0.717, 1.165) is 42.2 Å². The van der Waals surface area contributed by atoms with Crippen molar-refractivity contribution in [3.8, 4) is 11.5 Å². The second-order valence-electron chi connectivity index (χ2n) is 9.31. The molecule has 2 aliphatic rings. The molecule has 4 nitrogen and oxygen atoms in total. The number of para-hydroxylation sites is 1. The van der Waals surface area contributed by atoms with Crippen molar-refractivity contribution in [2.24, 2.45) is 5.10 Å². The van der Waals surface area contributed by atoms with Gasteiger partial charge in [-0.1, -0.05) is 80.4 Å². The maximum Gasteiger partial charge on any atom is 0.213 e. The average molecular weight is 463 g/mol. The molecular weight excluding hydrogens is 432 g/mol. The van der Waals surface area contributed by atoms with Crippen molar-refractivity contribution in [2.45, 2.75) is 44.9 Å². The van der Waals surface area contributed by atoms with Gasteiger partial charge in [0.2, 0.25) is 6.23 Å². The standard InChI is InChI=1S/C31H30N2O2/c1-2-3-8-20-34-24-18-16-23(17-19-24)31-33-29(27-13-6-7-15-30(27)35-31)21-28(32-33)26-14-9-11-22-10-4-5-12-25(22)26/h4-7,9-19,29,31H,2-3,8,20-21H2,1H3/t29-,31+/m0/s1. The fourth-order valence-corrected chi connectivity index (χ4v) is 5.16. The molecule has 0 radical (unpaired) electrons. The number of ether oxygens (including phenoxy) is 2. The number of fused-ring (bicyclic) bond motifs is 4. The summed E-state index contributed by atoms with van der Waals surface area (Å²) in [4.78, 5) is 0. The Kier molecular flexibility index (Phi) is 5.87. The molecule has 4 heteroatoms. The van der Waals surface area contributed by atoms with Gasteiger partial charge in [-0.05, 0) is 47.5 Å². The molecule has 0 aromatic heterocycles. The zero-order chi connectivity index (χ0) is 23.6. The summed E-state index contributed by atoms with van der Waals surface area (Å²) in [5.41, 5.74) is 4.57. The maximum absolute atomic E-state index is 6.53. The van der Waals surface area contributed by atoms with E-state index >= 15 is 0 Å². The van der Waals surface area contributed by atoms with Crippen LogP contribution in [0.5, 0.6) is 11.5 Å². The third kappa shape index (κ3) is 4.14. The van der Waals surface area contributed by atoms with E-state index in [1.54, 1.807) is 0 Å². The largest absolute Gasteiger partial charge is 0.494 e. The first-order valence-electron chi connectivity index (χ1n) is 12.6. The molecule has 4 aromatic rings. The van der Waals surface area contributed by atoms with Gasteiger partial charge < -0.3 is 9.47 Å². The smallest absolute Gasteiger partial charge is 0.213 e. The quantitative estimate of drug-likeness (QED) is 0.265. The summed E-state index contributed by atoms with van der Waals surface area (Å²) in [6.45, 7) is 2.96. The Morgan fingerprint density at radius 3 is 2.57 bits per heavy atom. The van der Waals surface area contributed by atoms with Crippen molar-refractivity contribution >= 4 is 16.5 Å². The van der Waals surface area contributed by atoms with Crippen LogP contribution in [0, 0.1) is 0 Å². The number of unbranched alkanes of at least 4 members (excludes halogenated alkanes) is 2. The maximum atomic E-state index is 6.53. The molecule has 2 heterocycles. The highest BCUT2D eigenvalue weighted by atomic mass is 16.5. The number of rotatable bonds is 7. The van der Waals surface area contributed by atoms with Crippen LogP contribution in [0.15, 0.2) is 96.1 Å². The summed E-state index contributed by atoms with van der Waals surface area (Å²) in [5, 5.41) is 9.80. The van der Waals surface area contributed by atoms with Gasteiger partial charge in [0, 0.05) is 23.1 Å². The van der Waals surface area contributed by atoms with Crippen molar-refractivity contribution in [3.05, 3.63) is 108 Å². The predicted octanol–water partition coefficient (Wildman–Crippen LogP) is 7.65. The monoisotopic (exact) mass is 462 g/mol. The van der Waals surface area contributed by atoms with Crippen LogP contribution in [-0.4, -0.2) is 17.3 Å². The SMILES string of the molecule is CCCCCOc1ccc([C@H]2Oc3ccccc3[C@@H]3CC(c4cccc5ccccc45)=NN23)cc1. The van der Waals surface area contributed by atoms with Gasteiger partial charge in [-0.15, -0.1) is 0 Å². The van der Waals surface area contributed by atoms with Crippen molar-refractivity contribution in [3.63, 3.8) is 0 Å². The topological polar surface area (TPSA) is 34.1 Å². The number of hydrazone groups is 1. The fraction of sp³-hybridized carbons (Fsp3) is 0.258. The van der Waals surface area contributed by atoms with Gasteiger partial charge in [0.1, 0.15) is 11.5 Å². The Balaban J connectivity index is 1.34. The van der Waals surface area contributed by atoms with Crippen LogP contribution in [0.2, 0.25) is 0 Å². The zero-order valence-electron chi connectivity index (χ0n) is 20.1. The normalized spacial score (nSPS) is 18.5. The lowest BCUT2D eigenvalue weighted by Gasteiger charge is -2.38. The van der Waals surface area contributed by atoms with Gasteiger partial charge in [-0.2, -0.15) is 5.10 Å². The first-order valence-corrected chi connectivity index (χ1v) is 12.6. The number of benzene rings is 4. The second-order valence-corrected chi connectivity index (χ2v) is 9.31. The molecule has 176 valence electrons. The van der Waals surface area contributed by atoms with Crippen LogP contribution in [0.3, 0.4) is 0 Å². The van der Waals surface area contributed by atoms with E-state index in [1.807, 2.05) is 18.2 Å². The molecule has 0 saturated carbocycles. The van der Waals surface area contributed by atoms with Gasteiger partial charge in [0.25, 0.3) is 0 Å². The molecule has 0 bridgehead atoms. The van der Waals surface area contributed by atoms with Crippen molar-refractivity contribution < 1.29 is 9.47 Å². The fourth-order valence-electron chi connectivity index (χ4n) is 5.16. The molecular formula is C31H30N2O2. The summed E-state index contributed by atoms with van der Waals surface area (Å²) in [6.07, 6.45) is 4.05. The van der Waals surface area contributed by atoms with E-state index in [9.17, 15) is 0 Å². The van der Waals surface area contributed by atoms with E-state index < -0.39 is 0 Å². The summed E-state index contributed by atoms with van der Waals surface area (Å²) in [7, 11) is 0. The second kappa shape index (κ2) is 9.46. The highest BCUT2D eigenvalue weighted by molar-refractivity contribution is 6.11. The molecule has 0 N–H and O–H groups in total. The molecule has 0 amide bonds. The van der Waals surface area contributed by atoms with Crippen LogP contribution in [0.1, 0.15) is 61.6 Å². The van der Waals surface area contributed by atoms with Crippen molar-refractivity contribution in [1.29, 1.82) is 0 Å². The lowest BCUT2D eigenvalue weighted by atomic mass is 9.93. The van der Waals surface area contributed by atoms with Gasteiger partial charge in [-0.3, -0.25) is 0 Å². The lowest BCUT2D eigenvalue weighted by Crippen LogP contribution is -2.33. The van der Waals surface area contributed by atoms with Gasteiger partial charge in [-0.25, -0.2) is 5.01 Å². The molecule has 6 rings (SSSR count). The Morgan fingerprint density at radius 1 is 0.886 bits per heavy atom. The molecule has 35 heavy (non-hydrogen) atoms. The Labute approximate surface area is 206 Å². The van der Waals surface area contributed by atoms with Crippen molar-refractivity contribution in [1.82, 2.24) is 5.01 Å². The van der Waals surface area contributed by atoms with Gasteiger partial charge in [0.05, 0.1) is 18.4 Å². The Hall–Kier alpha value is -3.79. The minimum Gasteiger partial charge on any atom is -0.494 e. The summed E-state index contributed by atoms with van der Waals surface area (Å²) in [6, 6.07) is 31.8. The van der Waals surface area contributed by atoms with Crippen LogP contribution < -0.4 is 9.47 Å². The van der Waals surface area contributed by atoms with E-state index in [0.29, 0.717) is 0 Å². The third-order valence-corrected chi connectivity index (χ3v) is 6.98. The van der Waals surface area contributed by atoms with Gasteiger partial charge in [0.15, 0.2) is 0 Å². The Bertz CT molecular complexity index is 1360. The molecule has 0 saturated heterocycles. The number of nitrogens with zero attached hydrogens (tertiary/aromatic N) is 2. The molecule has 0 unspecified atom stereocenters. The Morgan fingerprint density at radius 2 is 1.69 bits per heavy atom. The van der Waals surface area contributed by atoms with E-state index in [4.69, 9.17) is 14.6 Å². The predicted molar refractivity (Wildman–Crippen MR) is 141 cm³/mol. The average Bonchev–Trinajstić information content (AvgIpc) is 3.36. The summed E-state index contributed by atoms with van der Waals surface area (Å²) < 4.78 is 12.5. The summed E-state index contributed by atoms with van der Waals surface area (Å²) in [5.74, 6) is 1.84. The van der Waals surface area contributed by atoms with E-state index in [1.165, 1.54) is 34.7 Å². The minimum atomic E-state index is -0.281. The van der Waals surface area contributed by atoms with Crippen LogP contribution >= 0.6 is 0 Å². The molecule has 4 aromatic carbocycles. The minimum absolute atomic E-state index is 0.142. The summed E-state index contributed by atoms with van der Waals surface area (Å²) >= 11 is 0. The lowest BCUT2D eigenvalue weighted by molar-refractivity contribution is -0.0190. The zero-order valence-corrected chi connectivity index (χ0v) is 20.1. The first kappa shape index (κ1) is 21.7. The number of hydrogen-bond donors (Lipinski definition) is 0. The van der Waals surface area contributed by atoms with Crippen LogP contribution in [0.25, 0.3) is 10.8 Å². The van der Waals surface area contributed by atoms with Crippen molar-refractivity contribution in [2.75, 3.05) is 6.61 Å². The highest BCUT2D eigenvalue weighted by Crippen LogP contribution is 2.47. The molecule has 2 aliphatic heterocycles. The van der Waals surface area contributed by atoms with E-state index in [-0.39, 0.29) is 12.3 Å². The van der Waals surface area contributed by atoms with Crippen LogP contribution in [-0.2, 0) is 0 Å². The molecule has 0 spiro atoms.